The highest BCUT2D eigenvalue weighted by Gasteiger charge is 2.11. The standard InChI is InChI=1S/C12H18N2O/c1-3-10-6-4-5-7-11(10)12(15)14-9(2)8-13/h4-7,9H,3,8,13H2,1-2H3,(H,14,15)/t9-/m1/s1. The van der Waals surface area contributed by atoms with E-state index in [4.69, 9.17) is 5.73 Å². The second-order valence-electron chi connectivity index (χ2n) is 3.62. The fraction of sp³-hybridized carbons (Fsp3) is 0.417. The van der Waals surface area contributed by atoms with E-state index in [9.17, 15) is 4.79 Å². The molecular weight excluding hydrogens is 188 g/mol. The third-order valence-electron chi connectivity index (χ3n) is 2.37. The van der Waals surface area contributed by atoms with Crippen molar-refractivity contribution in [3.8, 4) is 0 Å². The zero-order valence-electron chi connectivity index (χ0n) is 9.29. The second kappa shape index (κ2) is 5.51. The predicted molar refractivity (Wildman–Crippen MR) is 61.8 cm³/mol. The Kier molecular flexibility index (Phi) is 4.31. The molecular formula is C12H18N2O. The molecule has 3 heteroatoms. The summed E-state index contributed by atoms with van der Waals surface area (Å²) in [5, 5.41) is 2.86. The van der Waals surface area contributed by atoms with Gasteiger partial charge in [0.1, 0.15) is 0 Å². The van der Waals surface area contributed by atoms with Crippen LogP contribution in [0.2, 0.25) is 0 Å². The van der Waals surface area contributed by atoms with Crippen molar-refractivity contribution in [3.63, 3.8) is 0 Å². The first-order valence-electron chi connectivity index (χ1n) is 5.27. The van der Waals surface area contributed by atoms with Crippen LogP contribution in [0.25, 0.3) is 0 Å². The molecule has 0 saturated heterocycles. The van der Waals surface area contributed by atoms with Crippen LogP contribution in [0, 0.1) is 0 Å². The van der Waals surface area contributed by atoms with E-state index in [0.29, 0.717) is 6.54 Å². The SMILES string of the molecule is CCc1ccccc1C(=O)N[C@H](C)CN. The number of benzene rings is 1. The Morgan fingerprint density at radius 2 is 2.13 bits per heavy atom. The number of rotatable bonds is 4. The van der Waals surface area contributed by atoms with Crippen molar-refractivity contribution >= 4 is 5.91 Å². The Labute approximate surface area is 90.7 Å². The summed E-state index contributed by atoms with van der Waals surface area (Å²) in [6, 6.07) is 7.66. The van der Waals surface area contributed by atoms with Gasteiger partial charge in [0.15, 0.2) is 0 Å². The molecule has 15 heavy (non-hydrogen) atoms. The van der Waals surface area contributed by atoms with Gasteiger partial charge in [0, 0.05) is 18.2 Å². The third kappa shape index (κ3) is 3.06. The number of hydrogen-bond donors (Lipinski definition) is 2. The Hall–Kier alpha value is -1.35. The number of aryl methyl sites for hydroxylation is 1. The summed E-state index contributed by atoms with van der Waals surface area (Å²) in [4.78, 5) is 11.8. The monoisotopic (exact) mass is 206 g/mol. The molecule has 3 N–H and O–H groups in total. The van der Waals surface area contributed by atoms with Gasteiger partial charge >= 0.3 is 0 Å². The van der Waals surface area contributed by atoms with Crippen LogP contribution in [-0.2, 0) is 6.42 Å². The minimum atomic E-state index is -0.0367. The average Bonchev–Trinajstić information content (AvgIpc) is 2.28. The normalized spacial score (nSPS) is 12.2. The van der Waals surface area contributed by atoms with Crippen LogP contribution in [0.4, 0.5) is 0 Å². The summed E-state index contributed by atoms with van der Waals surface area (Å²) in [7, 11) is 0. The molecule has 3 nitrogen and oxygen atoms in total. The summed E-state index contributed by atoms with van der Waals surface area (Å²) in [6.07, 6.45) is 0.862. The van der Waals surface area contributed by atoms with Crippen molar-refractivity contribution in [1.82, 2.24) is 5.32 Å². The molecule has 1 aromatic carbocycles. The Morgan fingerprint density at radius 1 is 1.47 bits per heavy atom. The summed E-state index contributed by atoms with van der Waals surface area (Å²) in [5.41, 5.74) is 7.27. The molecule has 0 aliphatic carbocycles. The van der Waals surface area contributed by atoms with E-state index in [1.54, 1.807) is 0 Å². The molecule has 0 aliphatic heterocycles. The minimum Gasteiger partial charge on any atom is -0.348 e. The lowest BCUT2D eigenvalue weighted by Gasteiger charge is -2.13. The quantitative estimate of drug-likeness (QED) is 0.780. The first-order valence-corrected chi connectivity index (χ1v) is 5.27. The van der Waals surface area contributed by atoms with E-state index in [1.807, 2.05) is 38.1 Å². The molecule has 0 spiro atoms. The number of amides is 1. The molecule has 0 radical (unpaired) electrons. The van der Waals surface area contributed by atoms with E-state index in [-0.39, 0.29) is 11.9 Å². The maximum Gasteiger partial charge on any atom is 0.251 e. The lowest BCUT2D eigenvalue weighted by atomic mass is 10.0. The van der Waals surface area contributed by atoms with Gasteiger partial charge in [-0.1, -0.05) is 25.1 Å². The fourth-order valence-electron chi connectivity index (χ4n) is 1.41. The van der Waals surface area contributed by atoms with Crippen molar-refractivity contribution < 1.29 is 4.79 Å². The first-order chi connectivity index (χ1) is 7.19. The number of hydrogen-bond acceptors (Lipinski definition) is 2. The highest BCUT2D eigenvalue weighted by atomic mass is 16.1. The molecule has 0 saturated carbocycles. The molecule has 0 bridgehead atoms. The van der Waals surface area contributed by atoms with Crippen molar-refractivity contribution in [1.29, 1.82) is 0 Å². The zero-order chi connectivity index (χ0) is 11.3. The number of carbonyl (C=O) groups is 1. The van der Waals surface area contributed by atoms with E-state index in [1.165, 1.54) is 0 Å². The number of carbonyl (C=O) groups excluding carboxylic acids is 1. The highest BCUT2D eigenvalue weighted by Crippen LogP contribution is 2.09. The fourth-order valence-corrected chi connectivity index (χ4v) is 1.41. The van der Waals surface area contributed by atoms with Gasteiger partial charge in [-0.15, -0.1) is 0 Å². The summed E-state index contributed by atoms with van der Waals surface area (Å²) < 4.78 is 0. The molecule has 1 amide bonds. The van der Waals surface area contributed by atoms with E-state index >= 15 is 0 Å². The molecule has 0 heterocycles. The molecule has 1 aromatic rings. The van der Waals surface area contributed by atoms with Gasteiger partial charge in [-0.2, -0.15) is 0 Å². The van der Waals surface area contributed by atoms with Gasteiger partial charge in [-0.05, 0) is 25.0 Å². The van der Waals surface area contributed by atoms with Crippen molar-refractivity contribution in [2.24, 2.45) is 5.73 Å². The van der Waals surface area contributed by atoms with Crippen molar-refractivity contribution in [2.75, 3.05) is 6.54 Å². The predicted octanol–water partition coefficient (Wildman–Crippen LogP) is 1.33. The molecule has 0 unspecified atom stereocenters. The minimum absolute atomic E-state index is 0.0161. The molecule has 0 aromatic heterocycles. The number of nitrogens with two attached hydrogens (primary N) is 1. The van der Waals surface area contributed by atoms with Crippen LogP contribution in [0.3, 0.4) is 0 Å². The summed E-state index contributed by atoms with van der Waals surface area (Å²) in [5.74, 6) is -0.0367. The van der Waals surface area contributed by atoms with Crippen LogP contribution < -0.4 is 11.1 Å². The maximum atomic E-state index is 11.8. The summed E-state index contributed by atoms with van der Waals surface area (Å²) in [6.45, 7) is 4.39. The van der Waals surface area contributed by atoms with Crippen LogP contribution in [0.5, 0.6) is 0 Å². The molecule has 1 atom stereocenters. The maximum absolute atomic E-state index is 11.8. The first kappa shape index (κ1) is 11.7. The van der Waals surface area contributed by atoms with Crippen LogP contribution >= 0.6 is 0 Å². The Bertz CT molecular complexity index is 336. The smallest absolute Gasteiger partial charge is 0.251 e. The van der Waals surface area contributed by atoms with Gasteiger partial charge in [0.05, 0.1) is 0 Å². The van der Waals surface area contributed by atoms with Gasteiger partial charge < -0.3 is 11.1 Å². The Balaban J connectivity index is 2.81. The lowest BCUT2D eigenvalue weighted by molar-refractivity contribution is 0.0940. The molecule has 0 aliphatic rings. The number of nitrogens with one attached hydrogen (secondary N) is 1. The van der Waals surface area contributed by atoms with Crippen LogP contribution in [-0.4, -0.2) is 18.5 Å². The van der Waals surface area contributed by atoms with E-state index in [2.05, 4.69) is 5.32 Å². The second-order valence-corrected chi connectivity index (χ2v) is 3.62. The average molecular weight is 206 g/mol. The van der Waals surface area contributed by atoms with Gasteiger partial charge in [-0.25, -0.2) is 0 Å². The van der Waals surface area contributed by atoms with E-state index < -0.39 is 0 Å². The molecule has 1 rings (SSSR count). The zero-order valence-corrected chi connectivity index (χ0v) is 9.29. The van der Waals surface area contributed by atoms with Crippen molar-refractivity contribution in [3.05, 3.63) is 35.4 Å². The molecule has 82 valence electrons. The Morgan fingerprint density at radius 3 is 2.73 bits per heavy atom. The van der Waals surface area contributed by atoms with Gasteiger partial charge in [0.25, 0.3) is 5.91 Å². The van der Waals surface area contributed by atoms with Gasteiger partial charge in [-0.3, -0.25) is 4.79 Å². The topological polar surface area (TPSA) is 55.1 Å². The summed E-state index contributed by atoms with van der Waals surface area (Å²) >= 11 is 0. The van der Waals surface area contributed by atoms with Crippen LogP contribution in [0.15, 0.2) is 24.3 Å². The van der Waals surface area contributed by atoms with E-state index in [0.717, 1.165) is 17.5 Å². The lowest BCUT2D eigenvalue weighted by Crippen LogP contribution is -2.38. The highest BCUT2D eigenvalue weighted by molar-refractivity contribution is 5.95. The van der Waals surface area contributed by atoms with Crippen molar-refractivity contribution in [2.45, 2.75) is 26.3 Å². The van der Waals surface area contributed by atoms with Crippen LogP contribution in [0.1, 0.15) is 29.8 Å². The molecule has 0 fully saturated rings. The van der Waals surface area contributed by atoms with Gasteiger partial charge in [0.2, 0.25) is 0 Å². The third-order valence-corrected chi connectivity index (χ3v) is 2.37. The largest absolute Gasteiger partial charge is 0.348 e.